The third-order valence-corrected chi connectivity index (χ3v) is 4.11. The summed E-state index contributed by atoms with van der Waals surface area (Å²) >= 11 is 0. The van der Waals surface area contributed by atoms with Gasteiger partial charge < -0.3 is 0 Å². The Morgan fingerprint density at radius 3 is 2.56 bits per heavy atom. The van der Waals surface area contributed by atoms with Crippen LogP contribution in [0.5, 0.6) is 0 Å². The second kappa shape index (κ2) is 4.75. The van der Waals surface area contributed by atoms with Crippen LogP contribution >= 0.6 is 0 Å². The summed E-state index contributed by atoms with van der Waals surface area (Å²) < 4.78 is 25.1. The van der Waals surface area contributed by atoms with Crippen molar-refractivity contribution in [3.8, 4) is 6.07 Å². The maximum atomic E-state index is 13.7. The second-order valence-electron chi connectivity index (χ2n) is 4.49. The molecular formula is C12H14FNOS. The highest BCUT2D eigenvalue weighted by Crippen LogP contribution is 2.19. The molecule has 86 valence electrons. The Morgan fingerprint density at radius 2 is 2.06 bits per heavy atom. The number of halogens is 1. The highest BCUT2D eigenvalue weighted by molar-refractivity contribution is 7.85. The van der Waals surface area contributed by atoms with Crippen LogP contribution < -0.4 is 0 Å². The van der Waals surface area contributed by atoms with E-state index in [4.69, 9.17) is 5.26 Å². The van der Waals surface area contributed by atoms with Crippen molar-refractivity contribution in [3.05, 3.63) is 35.1 Å². The molecule has 0 fully saturated rings. The zero-order chi connectivity index (χ0) is 12.3. The van der Waals surface area contributed by atoms with E-state index in [-0.39, 0.29) is 16.1 Å². The molecule has 4 heteroatoms. The fourth-order valence-electron chi connectivity index (χ4n) is 1.14. The van der Waals surface area contributed by atoms with Gasteiger partial charge in [0, 0.05) is 21.1 Å². The summed E-state index contributed by atoms with van der Waals surface area (Å²) in [6.07, 6.45) is 0. The van der Waals surface area contributed by atoms with Crippen LogP contribution in [0.1, 0.15) is 31.9 Å². The van der Waals surface area contributed by atoms with Crippen molar-refractivity contribution in [2.75, 3.05) is 0 Å². The van der Waals surface area contributed by atoms with E-state index in [0.29, 0.717) is 5.56 Å². The van der Waals surface area contributed by atoms with E-state index in [1.165, 1.54) is 6.07 Å². The molecule has 0 bridgehead atoms. The van der Waals surface area contributed by atoms with Gasteiger partial charge in [0.1, 0.15) is 11.9 Å². The summed E-state index contributed by atoms with van der Waals surface area (Å²) in [5, 5.41) is 8.67. The van der Waals surface area contributed by atoms with Crippen LogP contribution in [-0.2, 0) is 16.6 Å². The Kier molecular flexibility index (Phi) is 3.82. The average Bonchev–Trinajstić information content (AvgIpc) is 2.19. The second-order valence-corrected chi connectivity index (χ2v) is 6.70. The van der Waals surface area contributed by atoms with E-state index < -0.39 is 16.6 Å². The maximum Gasteiger partial charge on any atom is 0.145 e. The molecule has 1 atom stereocenters. The molecule has 0 radical (unpaired) electrons. The zero-order valence-corrected chi connectivity index (χ0v) is 10.4. The molecule has 2 nitrogen and oxygen atoms in total. The minimum absolute atomic E-state index is 0.00316. The third kappa shape index (κ3) is 2.89. The van der Waals surface area contributed by atoms with E-state index >= 15 is 0 Å². The van der Waals surface area contributed by atoms with Gasteiger partial charge in [0.25, 0.3) is 0 Å². The lowest BCUT2D eigenvalue weighted by Crippen LogP contribution is -2.23. The number of nitriles is 1. The summed E-state index contributed by atoms with van der Waals surface area (Å²) in [7, 11) is -1.16. The van der Waals surface area contributed by atoms with Crippen LogP contribution in [0.2, 0.25) is 0 Å². The van der Waals surface area contributed by atoms with Crippen molar-refractivity contribution in [3.63, 3.8) is 0 Å². The van der Waals surface area contributed by atoms with E-state index in [9.17, 15) is 8.60 Å². The molecule has 1 aromatic carbocycles. The Bertz CT molecular complexity index is 457. The minimum Gasteiger partial charge on any atom is -0.259 e. The van der Waals surface area contributed by atoms with Crippen LogP contribution in [0.4, 0.5) is 4.39 Å². The number of nitrogens with zero attached hydrogens (tertiary/aromatic N) is 1. The van der Waals surface area contributed by atoms with Crippen molar-refractivity contribution in [1.82, 2.24) is 0 Å². The first-order valence-electron chi connectivity index (χ1n) is 4.92. The molecule has 1 aromatic rings. The van der Waals surface area contributed by atoms with E-state index in [0.717, 1.165) is 0 Å². The lowest BCUT2D eigenvalue weighted by molar-refractivity contribution is 0.608. The summed E-state index contributed by atoms with van der Waals surface area (Å²) in [5.41, 5.74) is 0.343. The van der Waals surface area contributed by atoms with Crippen molar-refractivity contribution in [2.24, 2.45) is 0 Å². The fraction of sp³-hybridized carbons (Fsp3) is 0.417. The molecule has 0 aliphatic heterocycles. The van der Waals surface area contributed by atoms with Crippen LogP contribution in [0.15, 0.2) is 18.2 Å². The molecule has 0 aliphatic rings. The van der Waals surface area contributed by atoms with Gasteiger partial charge in [-0.25, -0.2) is 4.39 Å². The van der Waals surface area contributed by atoms with Crippen molar-refractivity contribution in [2.45, 2.75) is 31.3 Å². The number of hydrogen-bond acceptors (Lipinski definition) is 2. The van der Waals surface area contributed by atoms with Gasteiger partial charge in [0.2, 0.25) is 0 Å². The maximum absolute atomic E-state index is 13.7. The molecule has 0 saturated carbocycles. The monoisotopic (exact) mass is 239 g/mol. The van der Waals surface area contributed by atoms with Gasteiger partial charge in [-0.05, 0) is 26.8 Å². The largest absolute Gasteiger partial charge is 0.259 e. The van der Waals surface area contributed by atoms with Crippen LogP contribution in [0.3, 0.4) is 0 Å². The predicted molar refractivity (Wildman–Crippen MR) is 62.7 cm³/mol. The normalized spacial score (nSPS) is 13.2. The SMILES string of the molecule is CC(C)(C)S(=O)Cc1cccc(C#N)c1F. The van der Waals surface area contributed by atoms with Gasteiger partial charge in [-0.1, -0.05) is 12.1 Å². The van der Waals surface area contributed by atoms with Gasteiger partial charge in [-0.3, -0.25) is 4.21 Å². The standard InChI is InChI=1S/C12H14FNOS/c1-12(2,3)16(15)8-10-6-4-5-9(7-14)11(10)13/h4-6H,8H2,1-3H3. The van der Waals surface area contributed by atoms with Crippen LogP contribution in [0.25, 0.3) is 0 Å². The van der Waals surface area contributed by atoms with Gasteiger partial charge in [0.05, 0.1) is 11.3 Å². The molecule has 0 aromatic heterocycles. The minimum atomic E-state index is -1.16. The zero-order valence-electron chi connectivity index (χ0n) is 9.58. The van der Waals surface area contributed by atoms with Gasteiger partial charge in [0.15, 0.2) is 0 Å². The topological polar surface area (TPSA) is 40.9 Å². The summed E-state index contributed by atoms with van der Waals surface area (Å²) in [6, 6.07) is 6.37. The molecule has 0 amide bonds. The number of rotatable bonds is 2. The van der Waals surface area contributed by atoms with Crippen molar-refractivity contribution in [1.29, 1.82) is 5.26 Å². The Morgan fingerprint density at radius 1 is 1.44 bits per heavy atom. The molecule has 0 spiro atoms. The molecule has 1 rings (SSSR count). The number of hydrogen-bond donors (Lipinski definition) is 0. The van der Waals surface area contributed by atoms with Gasteiger partial charge >= 0.3 is 0 Å². The van der Waals surface area contributed by atoms with E-state index in [2.05, 4.69) is 0 Å². The molecule has 0 heterocycles. The van der Waals surface area contributed by atoms with E-state index in [1.54, 1.807) is 18.2 Å². The Hall–Kier alpha value is -1.21. The fourth-order valence-corrected chi connectivity index (χ4v) is 2.07. The van der Waals surface area contributed by atoms with Crippen LogP contribution in [-0.4, -0.2) is 8.96 Å². The smallest absolute Gasteiger partial charge is 0.145 e. The Balaban J connectivity index is 3.00. The first-order chi connectivity index (χ1) is 7.36. The predicted octanol–water partition coefficient (Wildman–Crippen LogP) is 2.74. The summed E-state index contributed by atoms with van der Waals surface area (Å²) in [6.45, 7) is 5.53. The molecule has 0 saturated heterocycles. The highest BCUT2D eigenvalue weighted by Gasteiger charge is 2.21. The van der Waals surface area contributed by atoms with Crippen molar-refractivity contribution >= 4 is 10.8 Å². The number of benzene rings is 1. The lowest BCUT2D eigenvalue weighted by Gasteiger charge is -2.17. The van der Waals surface area contributed by atoms with Crippen molar-refractivity contribution < 1.29 is 8.60 Å². The molecule has 1 unspecified atom stereocenters. The van der Waals surface area contributed by atoms with Gasteiger partial charge in [-0.2, -0.15) is 5.26 Å². The van der Waals surface area contributed by atoms with Gasteiger partial charge in [-0.15, -0.1) is 0 Å². The molecule has 0 N–H and O–H groups in total. The van der Waals surface area contributed by atoms with E-state index in [1.807, 2.05) is 20.8 Å². The Labute approximate surface area is 97.6 Å². The molecule has 0 aliphatic carbocycles. The average molecular weight is 239 g/mol. The lowest BCUT2D eigenvalue weighted by atomic mass is 10.1. The summed E-state index contributed by atoms with van der Waals surface area (Å²) in [4.78, 5) is 0. The third-order valence-electron chi connectivity index (χ3n) is 2.17. The first-order valence-corrected chi connectivity index (χ1v) is 6.24. The molecule has 16 heavy (non-hydrogen) atoms. The quantitative estimate of drug-likeness (QED) is 0.796. The first kappa shape index (κ1) is 12.9. The van der Waals surface area contributed by atoms with Crippen LogP contribution in [0, 0.1) is 17.1 Å². The molecular weight excluding hydrogens is 225 g/mol. The summed E-state index contributed by atoms with van der Waals surface area (Å²) in [5.74, 6) is -0.409. The highest BCUT2D eigenvalue weighted by atomic mass is 32.2.